The van der Waals surface area contributed by atoms with Crippen molar-refractivity contribution >= 4 is 13.7 Å². The molecule has 3 atom stereocenters. The first-order valence-corrected chi connectivity index (χ1v) is 21.3. The number of carbonyl (C=O) groups excluding carboxylic acids is 1. The van der Waals surface area contributed by atoms with Crippen molar-refractivity contribution in [1.29, 1.82) is 0 Å². The van der Waals surface area contributed by atoms with E-state index in [9.17, 15) is 19.4 Å². The number of aliphatic hydroxyl groups excluding tert-OH is 1. The molecule has 0 aliphatic carbocycles. The van der Waals surface area contributed by atoms with E-state index in [1.807, 2.05) is 27.2 Å². The maximum atomic E-state index is 12.8. The molecule has 9 heteroatoms. The first-order chi connectivity index (χ1) is 23.5. The molecule has 0 radical (unpaired) electrons. The third-order valence-corrected chi connectivity index (χ3v) is 9.54. The number of hydrogen-bond donors (Lipinski definition) is 2. The summed E-state index contributed by atoms with van der Waals surface area (Å²) in [7, 11) is 1.23. The largest absolute Gasteiger partial charge is 0.756 e. The molecule has 288 valence electrons. The van der Waals surface area contributed by atoms with Crippen LogP contribution in [-0.2, 0) is 18.4 Å². The Morgan fingerprint density at radius 1 is 0.694 bits per heavy atom. The summed E-state index contributed by atoms with van der Waals surface area (Å²) in [4.78, 5) is 25.2. The van der Waals surface area contributed by atoms with Gasteiger partial charge in [0.25, 0.3) is 7.82 Å². The molecule has 0 aliphatic heterocycles. The van der Waals surface area contributed by atoms with Gasteiger partial charge in [0.2, 0.25) is 5.91 Å². The molecular weight excluding hydrogens is 635 g/mol. The maximum Gasteiger partial charge on any atom is 0.268 e. The molecule has 0 spiro atoms. The number of unbranched alkanes of at least 4 members (excludes halogenated alkanes) is 18. The fraction of sp³-hybridized carbons (Fsp3) is 0.825. The number of nitrogens with one attached hydrogen (secondary N) is 1. The summed E-state index contributed by atoms with van der Waals surface area (Å²) in [5.74, 6) is -0.220. The molecule has 0 fully saturated rings. The molecular formula is C40H77N2O6P. The fourth-order valence-corrected chi connectivity index (χ4v) is 6.06. The van der Waals surface area contributed by atoms with Gasteiger partial charge in [-0.2, -0.15) is 0 Å². The molecule has 0 aromatic rings. The van der Waals surface area contributed by atoms with E-state index in [0.717, 1.165) is 57.8 Å². The topological polar surface area (TPSA) is 108 Å². The highest BCUT2D eigenvalue weighted by Crippen LogP contribution is 2.38. The van der Waals surface area contributed by atoms with E-state index in [2.05, 4.69) is 43.5 Å². The molecule has 49 heavy (non-hydrogen) atoms. The van der Waals surface area contributed by atoms with Crippen molar-refractivity contribution < 1.29 is 32.9 Å². The molecule has 8 nitrogen and oxygen atoms in total. The van der Waals surface area contributed by atoms with E-state index in [-0.39, 0.29) is 12.5 Å². The summed E-state index contributed by atoms with van der Waals surface area (Å²) in [6.07, 6.45) is 37.6. The van der Waals surface area contributed by atoms with Crippen LogP contribution in [0.1, 0.15) is 162 Å². The van der Waals surface area contributed by atoms with Crippen LogP contribution in [-0.4, -0.2) is 68.5 Å². The molecule has 2 N–H and O–H groups in total. The van der Waals surface area contributed by atoms with Gasteiger partial charge in [-0.1, -0.05) is 134 Å². The summed E-state index contributed by atoms with van der Waals surface area (Å²) in [5, 5.41) is 13.7. The Kier molecular flexibility index (Phi) is 31.8. The number of likely N-dealkylation sites (N-methyl/N-ethyl adjacent to an activating group) is 1. The van der Waals surface area contributed by atoms with Gasteiger partial charge in [0, 0.05) is 6.42 Å². The normalized spacial score (nSPS) is 15.0. The van der Waals surface area contributed by atoms with E-state index in [1.165, 1.54) is 83.5 Å². The zero-order valence-electron chi connectivity index (χ0n) is 32.4. The molecule has 1 unspecified atom stereocenters. The minimum Gasteiger partial charge on any atom is -0.756 e. The third-order valence-electron chi connectivity index (χ3n) is 8.57. The third kappa shape index (κ3) is 34.9. The molecule has 0 rings (SSSR count). The maximum absolute atomic E-state index is 12.8. The highest BCUT2D eigenvalue weighted by Gasteiger charge is 2.23. The zero-order chi connectivity index (χ0) is 36.5. The van der Waals surface area contributed by atoms with E-state index < -0.39 is 26.6 Å². The van der Waals surface area contributed by atoms with Crippen LogP contribution in [0, 0.1) is 0 Å². The van der Waals surface area contributed by atoms with Gasteiger partial charge in [0.15, 0.2) is 0 Å². The lowest BCUT2D eigenvalue weighted by Crippen LogP contribution is -2.45. The van der Waals surface area contributed by atoms with Gasteiger partial charge in [-0.05, 0) is 57.8 Å². The van der Waals surface area contributed by atoms with E-state index in [4.69, 9.17) is 9.05 Å². The number of phosphoric ester groups is 1. The Morgan fingerprint density at radius 2 is 1.14 bits per heavy atom. The van der Waals surface area contributed by atoms with Gasteiger partial charge >= 0.3 is 0 Å². The summed E-state index contributed by atoms with van der Waals surface area (Å²) in [6.45, 7) is 4.57. The summed E-state index contributed by atoms with van der Waals surface area (Å²) < 4.78 is 23.1. The Labute approximate surface area is 302 Å². The van der Waals surface area contributed by atoms with Gasteiger partial charge in [-0.15, -0.1) is 0 Å². The molecule has 0 saturated heterocycles. The Morgan fingerprint density at radius 3 is 1.67 bits per heavy atom. The number of hydrogen-bond acceptors (Lipinski definition) is 6. The van der Waals surface area contributed by atoms with Crippen LogP contribution in [0.4, 0.5) is 0 Å². The molecule has 0 aromatic carbocycles. The molecule has 1 amide bonds. The number of quaternary nitrogens is 1. The number of phosphoric acid groups is 1. The average Bonchev–Trinajstić information content (AvgIpc) is 3.04. The van der Waals surface area contributed by atoms with Crippen molar-refractivity contribution in [3.63, 3.8) is 0 Å². The molecule has 0 aliphatic rings. The van der Waals surface area contributed by atoms with Crippen molar-refractivity contribution in [2.24, 2.45) is 0 Å². The standard InChI is InChI=1S/C40H77N2O6P/c1-6-8-10-12-14-16-18-20-22-23-25-27-29-31-33-39(43)38(37-48-49(45,46)47-36-35-42(3,4)5)41-40(44)34-32-30-28-26-24-21-19-17-15-13-11-9-7-2/h17,19,23,25,31,33,38-39,43H,6-16,18,20-22,24,26-30,32,34-37H2,1-5H3,(H-,41,44,45,46)/b19-17+,25-23+,33-31+/t38-,39+/m0/s1. The first kappa shape index (κ1) is 47.7. The number of allylic oxidation sites excluding steroid dienone is 5. The zero-order valence-corrected chi connectivity index (χ0v) is 33.3. The second-order valence-corrected chi connectivity index (χ2v) is 16.0. The van der Waals surface area contributed by atoms with Crippen molar-refractivity contribution in [2.75, 3.05) is 40.9 Å². The lowest BCUT2D eigenvalue weighted by atomic mass is 10.1. The minimum absolute atomic E-state index is 0.00827. The second kappa shape index (κ2) is 32.6. The monoisotopic (exact) mass is 713 g/mol. The van der Waals surface area contributed by atoms with Gasteiger partial charge < -0.3 is 28.8 Å². The lowest BCUT2D eigenvalue weighted by Gasteiger charge is -2.29. The lowest BCUT2D eigenvalue weighted by molar-refractivity contribution is -0.870. The van der Waals surface area contributed by atoms with E-state index in [1.54, 1.807) is 6.08 Å². The van der Waals surface area contributed by atoms with Gasteiger partial charge in [0.05, 0.1) is 39.9 Å². The van der Waals surface area contributed by atoms with Crippen LogP contribution in [0.15, 0.2) is 36.5 Å². The average molecular weight is 713 g/mol. The first-order valence-electron chi connectivity index (χ1n) is 19.9. The number of carbonyl (C=O) groups is 1. The number of aliphatic hydroxyl groups is 1. The predicted octanol–water partition coefficient (Wildman–Crippen LogP) is 9.72. The minimum atomic E-state index is -4.59. The summed E-state index contributed by atoms with van der Waals surface area (Å²) in [6, 6.07) is -0.903. The number of rotatable bonds is 35. The van der Waals surface area contributed by atoms with Crippen LogP contribution >= 0.6 is 7.82 Å². The predicted molar refractivity (Wildman–Crippen MR) is 205 cm³/mol. The van der Waals surface area contributed by atoms with Gasteiger partial charge in [-0.3, -0.25) is 9.36 Å². The van der Waals surface area contributed by atoms with Gasteiger partial charge in [-0.25, -0.2) is 0 Å². The molecule has 0 aromatic heterocycles. The van der Waals surface area contributed by atoms with Crippen molar-refractivity contribution in [2.45, 2.75) is 174 Å². The van der Waals surface area contributed by atoms with Crippen molar-refractivity contribution in [1.82, 2.24) is 5.32 Å². The molecule has 0 saturated carbocycles. The van der Waals surface area contributed by atoms with Crippen molar-refractivity contribution in [3.05, 3.63) is 36.5 Å². The highest BCUT2D eigenvalue weighted by molar-refractivity contribution is 7.45. The Bertz CT molecular complexity index is 902. The van der Waals surface area contributed by atoms with Gasteiger partial charge in [0.1, 0.15) is 13.2 Å². The summed E-state index contributed by atoms with van der Waals surface area (Å²) >= 11 is 0. The highest BCUT2D eigenvalue weighted by atomic mass is 31.2. The number of nitrogens with zero attached hydrogens (tertiary/aromatic N) is 1. The van der Waals surface area contributed by atoms with Crippen LogP contribution in [0.2, 0.25) is 0 Å². The smallest absolute Gasteiger partial charge is 0.268 e. The van der Waals surface area contributed by atoms with Crippen LogP contribution in [0.3, 0.4) is 0 Å². The van der Waals surface area contributed by atoms with Crippen LogP contribution < -0.4 is 10.2 Å². The molecule has 0 bridgehead atoms. The van der Waals surface area contributed by atoms with Crippen LogP contribution in [0.25, 0.3) is 0 Å². The Hall–Kier alpha value is -1.28. The fourth-order valence-electron chi connectivity index (χ4n) is 5.34. The Balaban J connectivity index is 4.59. The molecule has 0 heterocycles. The second-order valence-electron chi connectivity index (χ2n) is 14.6. The quantitative estimate of drug-likeness (QED) is 0.0293. The number of amides is 1. The van der Waals surface area contributed by atoms with E-state index in [0.29, 0.717) is 17.4 Å². The van der Waals surface area contributed by atoms with Crippen molar-refractivity contribution in [3.8, 4) is 0 Å². The SMILES string of the molecule is CCCCCC/C=C/CCCCCCCC(=O)N[C@@H](COP(=O)([O-])OCC[N+](C)(C)C)[C@H](O)/C=C/CC/C=C/CCCCCCCCCC. The summed E-state index contributed by atoms with van der Waals surface area (Å²) in [5.41, 5.74) is 0. The van der Waals surface area contributed by atoms with Crippen LogP contribution in [0.5, 0.6) is 0 Å². The van der Waals surface area contributed by atoms with E-state index >= 15 is 0 Å².